The van der Waals surface area contributed by atoms with E-state index in [-0.39, 0.29) is 28.5 Å². The maximum absolute atomic E-state index is 13.5. The van der Waals surface area contributed by atoms with E-state index >= 15 is 0 Å². The van der Waals surface area contributed by atoms with Crippen LogP contribution in [0.15, 0.2) is 43.4 Å². The summed E-state index contributed by atoms with van der Waals surface area (Å²) < 4.78 is 23.1. The highest BCUT2D eigenvalue weighted by Gasteiger charge is 2.34. The molecule has 2 heterocycles. The van der Waals surface area contributed by atoms with Crippen LogP contribution in [0, 0.1) is 5.82 Å². The second-order valence-electron chi connectivity index (χ2n) is 4.78. The minimum absolute atomic E-state index is 0.0450. The quantitative estimate of drug-likeness (QED) is 0.392. The average Bonchev–Trinajstić information content (AvgIpc) is 3.26. The number of rotatable bonds is 6. The summed E-state index contributed by atoms with van der Waals surface area (Å²) in [6.07, 6.45) is -0.892. The number of carbonyl (C=O) groups excluding carboxylic acids is 2. The second-order valence-corrected chi connectivity index (χ2v) is 6.72. The molecule has 1 amide bonds. The first kappa shape index (κ1) is 18.9. The number of nitrogens with two attached hydrogens (primary N) is 1. The van der Waals surface area contributed by atoms with Gasteiger partial charge >= 0.3 is 12.0 Å². The van der Waals surface area contributed by atoms with Gasteiger partial charge in [-0.05, 0) is 44.4 Å². The fourth-order valence-corrected chi connectivity index (χ4v) is 3.11. The molecule has 140 valence electrons. The number of carbonyl (C=O) groups is 1. The maximum Gasteiger partial charge on any atom is 0.404 e. The van der Waals surface area contributed by atoms with Crippen molar-refractivity contribution in [3.05, 3.63) is 40.1 Å². The van der Waals surface area contributed by atoms with E-state index in [1.54, 1.807) is 5.94 Å². The summed E-state index contributed by atoms with van der Waals surface area (Å²) in [6, 6.07) is 4.05. The molecule has 27 heavy (non-hydrogen) atoms. The minimum atomic E-state index is -0.892. The Bertz CT molecular complexity index is 961. The number of hydrogen-bond acceptors (Lipinski definition) is 10. The van der Waals surface area contributed by atoms with E-state index in [1.807, 2.05) is 0 Å². The highest BCUT2D eigenvalue weighted by molar-refractivity contribution is 9.10. The summed E-state index contributed by atoms with van der Waals surface area (Å²) in [6.45, 7) is 0.0450. The minimum Gasteiger partial charge on any atom is -0.449 e. The number of primary amides is 1. The first-order chi connectivity index (χ1) is 13.0. The molecule has 1 aromatic carbocycles. The number of ether oxygens (including phenoxy) is 1. The van der Waals surface area contributed by atoms with Crippen molar-refractivity contribution in [3.63, 3.8) is 0 Å². The summed E-state index contributed by atoms with van der Waals surface area (Å²) in [5.74, 6) is 1.27. The van der Waals surface area contributed by atoms with Crippen LogP contribution in [0.2, 0.25) is 0 Å². The van der Waals surface area contributed by atoms with Crippen molar-refractivity contribution in [2.75, 3.05) is 17.3 Å². The molecule has 0 saturated carbocycles. The van der Waals surface area contributed by atoms with Gasteiger partial charge in [0.15, 0.2) is 16.7 Å². The van der Waals surface area contributed by atoms with E-state index in [1.165, 1.54) is 23.1 Å². The van der Waals surface area contributed by atoms with Gasteiger partial charge in [-0.3, -0.25) is 0 Å². The monoisotopic (exact) mass is 457 g/mol. The van der Waals surface area contributed by atoms with Gasteiger partial charge in [-0.1, -0.05) is 16.9 Å². The first-order valence-electron chi connectivity index (χ1n) is 7.14. The Morgan fingerprint density at radius 1 is 1.44 bits per heavy atom. The molecule has 1 aliphatic rings. The molecule has 2 aromatic rings. The van der Waals surface area contributed by atoms with Crippen LogP contribution >= 0.6 is 27.7 Å². The number of benzene rings is 1. The zero-order chi connectivity index (χ0) is 19.4. The van der Waals surface area contributed by atoms with Crippen molar-refractivity contribution in [1.29, 1.82) is 0 Å². The zero-order valence-electron chi connectivity index (χ0n) is 13.2. The van der Waals surface area contributed by atoms with Gasteiger partial charge in [-0.25, -0.2) is 23.5 Å². The molecule has 0 spiro atoms. The average molecular weight is 458 g/mol. The Morgan fingerprint density at radius 3 is 2.96 bits per heavy atom. The van der Waals surface area contributed by atoms with Crippen molar-refractivity contribution in [1.82, 2.24) is 10.3 Å². The molecule has 0 atom stereocenters. The first-order valence-corrected chi connectivity index (χ1v) is 8.92. The molecule has 2 N–H and O–H groups in total. The van der Waals surface area contributed by atoms with Crippen LogP contribution in [0.4, 0.5) is 14.9 Å². The zero-order valence-corrected chi connectivity index (χ0v) is 15.6. The highest BCUT2D eigenvalue weighted by atomic mass is 79.9. The standard InChI is InChI=1S/C14H9BrFN5O5S/c15-8-5-7(1-2-9(8)16)21-10(6-22)25-19-12(21)11-13(20-26-18-11)27-4-3-24-14(17)23/h1-2,5H,3-4H2,(H2,17,23). The Labute approximate surface area is 163 Å². The van der Waals surface area contributed by atoms with Crippen molar-refractivity contribution < 1.29 is 28.2 Å². The molecule has 0 bridgehead atoms. The van der Waals surface area contributed by atoms with Gasteiger partial charge in [-0.2, -0.15) is 0 Å². The lowest BCUT2D eigenvalue weighted by molar-refractivity contribution is 0.164. The number of anilines is 1. The summed E-state index contributed by atoms with van der Waals surface area (Å²) in [5.41, 5.74) is 5.43. The van der Waals surface area contributed by atoms with Crippen LogP contribution in [-0.2, 0) is 14.4 Å². The number of aromatic nitrogens is 2. The third-order valence-electron chi connectivity index (χ3n) is 3.12. The normalized spacial score (nSPS) is 13.2. The Balaban J connectivity index is 1.87. The number of amides is 1. The molecule has 3 rings (SSSR count). The summed E-state index contributed by atoms with van der Waals surface area (Å²) in [7, 11) is 0. The molecule has 0 radical (unpaired) electrons. The van der Waals surface area contributed by atoms with Gasteiger partial charge in [0.05, 0.1) is 10.2 Å². The molecule has 10 nitrogen and oxygen atoms in total. The molecule has 13 heteroatoms. The third kappa shape index (κ3) is 4.10. The molecule has 0 aliphatic carbocycles. The van der Waals surface area contributed by atoms with Crippen LogP contribution < -0.4 is 10.6 Å². The molecule has 0 unspecified atom stereocenters. The predicted molar refractivity (Wildman–Crippen MR) is 94.0 cm³/mol. The van der Waals surface area contributed by atoms with E-state index in [9.17, 15) is 14.0 Å². The summed E-state index contributed by atoms with van der Waals surface area (Å²) in [4.78, 5) is 28.1. The Hall–Kier alpha value is -2.89. The topological polar surface area (TPSA) is 133 Å². The van der Waals surface area contributed by atoms with E-state index in [0.717, 1.165) is 11.8 Å². The smallest absolute Gasteiger partial charge is 0.404 e. The van der Waals surface area contributed by atoms with Gasteiger partial charge in [-0.15, -0.1) is 0 Å². The van der Waals surface area contributed by atoms with Crippen LogP contribution in [-0.4, -0.2) is 40.5 Å². The van der Waals surface area contributed by atoms with Crippen molar-refractivity contribution in [3.8, 4) is 0 Å². The number of hydrogen-bond donors (Lipinski definition) is 1. The Morgan fingerprint density at radius 2 is 2.26 bits per heavy atom. The van der Waals surface area contributed by atoms with Crippen molar-refractivity contribution in [2.45, 2.75) is 5.03 Å². The lowest BCUT2D eigenvalue weighted by Crippen LogP contribution is -2.27. The Kier molecular flexibility index (Phi) is 5.74. The largest absolute Gasteiger partial charge is 0.449 e. The number of thioether (sulfide) groups is 1. The predicted octanol–water partition coefficient (Wildman–Crippen LogP) is 2.03. The van der Waals surface area contributed by atoms with Crippen molar-refractivity contribution >= 4 is 51.2 Å². The summed E-state index contributed by atoms with van der Waals surface area (Å²) in [5, 5.41) is 11.6. The van der Waals surface area contributed by atoms with Crippen LogP contribution in [0.25, 0.3) is 0 Å². The third-order valence-corrected chi connectivity index (χ3v) is 4.64. The lowest BCUT2D eigenvalue weighted by Gasteiger charge is -2.16. The lowest BCUT2D eigenvalue weighted by atomic mass is 10.2. The molecule has 1 aromatic heterocycles. The molecule has 0 saturated heterocycles. The van der Waals surface area contributed by atoms with Gasteiger partial charge in [0.2, 0.25) is 5.84 Å². The van der Waals surface area contributed by atoms with Crippen LogP contribution in [0.1, 0.15) is 5.69 Å². The number of oxime groups is 1. The second kappa shape index (κ2) is 8.20. The van der Waals surface area contributed by atoms with E-state index in [0.29, 0.717) is 16.5 Å². The molecular formula is C14H9BrFN5O5S. The van der Waals surface area contributed by atoms with Gasteiger partial charge < -0.3 is 15.3 Å². The fourth-order valence-electron chi connectivity index (χ4n) is 2.03. The van der Waals surface area contributed by atoms with Crippen molar-refractivity contribution in [2.24, 2.45) is 10.9 Å². The van der Waals surface area contributed by atoms with Gasteiger partial charge in [0.25, 0.3) is 0 Å². The fraction of sp³-hybridized carbons (Fsp3) is 0.143. The van der Waals surface area contributed by atoms with Gasteiger partial charge in [0, 0.05) is 5.75 Å². The highest BCUT2D eigenvalue weighted by Crippen LogP contribution is 2.32. The van der Waals surface area contributed by atoms with Crippen LogP contribution in [0.3, 0.4) is 0 Å². The van der Waals surface area contributed by atoms with E-state index in [2.05, 4.69) is 36.1 Å². The maximum atomic E-state index is 13.5. The van der Waals surface area contributed by atoms with E-state index < -0.39 is 11.9 Å². The number of halogens is 2. The SMILES string of the molecule is NC(=O)OCCSc1nonc1C1=NOC(=C=O)N1c1ccc(F)c(Br)c1. The van der Waals surface area contributed by atoms with Gasteiger partial charge in [0.1, 0.15) is 12.4 Å². The van der Waals surface area contributed by atoms with E-state index in [4.69, 9.17) is 15.2 Å². The molecular weight excluding hydrogens is 449 g/mol. The number of nitrogens with zero attached hydrogens (tertiary/aromatic N) is 4. The summed E-state index contributed by atoms with van der Waals surface area (Å²) >= 11 is 4.23. The van der Waals surface area contributed by atoms with Crippen LogP contribution in [0.5, 0.6) is 0 Å². The number of amidine groups is 1. The molecule has 0 fully saturated rings. The molecule has 1 aliphatic heterocycles.